The summed E-state index contributed by atoms with van der Waals surface area (Å²) in [6, 6.07) is 21.8. The fourth-order valence-corrected chi connectivity index (χ4v) is 3.47. The van der Waals surface area contributed by atoms with Crippen LogP contribution in [0.2, 0.25) is 0 Å². The van der Waals surface area contributed by atoms with Crippen molar-refractivity contribution in [2.75, 3.05) is 0 Å². The van der Waals surface area contributed by atoms with Gasteiger partial charge in [0.2, 0.25) is 0 Å². The first-order chi connectivity index (χ1) is 11.2. The zero-order valence-electron chi connectivity index (χ0n) is 12.5. The largest absolute Gasteiger partial charge is 0.481 e. The Morgan fingerprint density at radius 2 is 1.74 bits per heavy atom. The smallest absolute Gasteiger partial charge is 0.307 e. The molecule has 0 bridgehead atoms. The second-order valence-electron chi connectivity index (χ2n) is 5.97. The van der Waals surface area contributed by atoms with Gasteiger partial charge in [0.05, 0.1) is 6.42 Å². The summed E-state index contributed by atoms with van der Waals surface area (Å²) in [6.07, 6.45) is 0.514. The van der Waals surface area contributed by atoms with E-state index in [1.165, 1.54) is 0 Å². The van der Waals surface area contributed by atoms with Gasteiger partial charge < -0.3 is 9.84 Å². The number of benzene rings is 3. The molecule has 0 saturated heterocycles. The topological polar surface area (TPSA) is 46.5 Å². The van der Waals surface area contributed by atoms with Crippen molar-refractivity contribution in [3.8, 4) is 5.75 Å². The van der Waals surface area contributed by atoms with Crippen LogP contribution in [-0.4, -0.2) is 11.1 Å². The van der Waals surface area contributed by atoms with Gasteiger partial charge in [-0.25, -0.2) is 0 Å². The Morgan fingerprint density at radius 1 is 1.00 bits per heavy atom. The Morgan fingerprint density at radius 3 is 2.52 bits per heavy atom. The Labute approximate surface area is 134 Å². The van der Waals surface area contributed by atoms with Crippen molar-refractivity contribution in [2.45, 2.75) is 18.4 Å². The summed E-state index contributed by atoms with van der Waals surface area (Å²) in [6.45, 7) is 0. The van der Waals surface area contributed by atoms with Gasteiger partial charge in [-0.15, -0.1) is 0 Å². The molecule has 0 radical (unpaired) electrons. The first-order valence-electron chi connectivity index (χ1n) is 7.65. The molecule has 4 rings (SSSR count). The maximum atomic E-state index is 11.5. The van der Waals surface area contributed by atoms with Crippen LogP contribution in [0.3, 0.4) is 0 Å². The fraction of sp³-hybridized carbons (Fsp3) is 0.150. The molecular weight excluding hydrogens is 288 g/mol. The van der Waals surface area contributed by atoms with Crippen LogP contribution in [0.5, 0.6) is 5.75 Å². The molecule has 1 N–H and O–H groups in total. The van der Waals surface area contributed by atoms with E-state index in [-0.39, 0.29) is 6.42 Å². The number of ether oxygens (including phenoxy) is 1. The molecule has 0 amide bonds. The Kier molecular flexibility index (Phi) is 3.08. The van der Waals surface area contributed by atoms with E-state index in [1.54, 1.807) is 0 Å². The molecule has 0 fully saturated rings. The minimum Gasteiger partial charge on any atom is -0.481 e. The minimum atomic E-state index is -0.856. The van der Waals surface area contributed by atoms with E-state index in [0.29, 0.717) is 6.42 Å². The summed E-state index contributed by atoms with van der Waals surface area (Å²) in [5.74, 6) is -0.0697. The molecule has 1 aliphatic heterocycles. The molecule has 0 saturated carbocycles. The first-order valence-corrected chi connectivity index (χ1v) is 7.65. The highest BCUT2D eigenvalue weighted by Crippen LogP contribution is 2.46. The SMILES string of the molecule is O=C(O)CC1(c2ccccc2)Cc2c(ccc3ccccc23)O1. The third-order valence-corrected chi connectivity index (χ3v) is 4.50. The van der Waals surface area contributed by atoms with E-state index >= 15 is 0 Å². The van der Waals surface area contributed by atoms with E-state index in [9.17, 15) is 9.90 Å². The quantitative estimate of drug-likeness (QED) is 0.791. The van der Waals surface area contributed by atoms with Gasteiger partial charge in [-0.2, -0.15) is 0 Å². The zero-order chi connectivity index (χ0) is 15.9. The molecular formula is C20H16O3. The molecule has 1 unspecified atom stereocenters. The number of carboxylic acids is 1. The first kappa shape index (κ1) is 13.8. The van der Waals surface area contributed by atoms with Crippen LogP contribution in [0, 0.1) is 0 Å². The third-order valence-electron chi connectivity index (χ3n) is 4.50. The maximum absolute atomic E-state index is 11.5. The van der Waals surface area contributed by atoms with Gasteiger partial charge >= 0.3 is 5.97 Å². The highest BCUT2D eigenvalue weighted by atomic mass is 16.5. The number of aliphatic carboxylic acids is 1. The number of rotatable bonds is 3. The van der Waals surface area contributed by atoms with E-state index < -0.39 is 11.6 Å². The maximum Gasteiger partial charge on any atom is 0.307 e. The van der Waals surface area contributed by atoms with Crippen molar-refractivity contribution in [1.29, 1.82) is 0 Å². The van der Waals surface area contributed by atoms with Crippen LogP contribution in [-0.2, 0) is 16.8 Å². The number of carbonyl (C=O) groups is 1. The van der Waals surface area contributed by atoms with Gasteiger partial charge in [-0.1, -0.05) is 60.7 Å². The lowest BCUT2D eigenvalue weighted by atomic mass is 9.85. The molecule has 114 valence electrons. The average molecular weight is 304 g/mol. The summed E-state index contributed by atoms with van der Waals surface area (Å²) < 4.78 is 6.22. The summed E-state index contributed by atoms with van der Waals surface area (Å²) in [5.41, 5.74) is 1.16. The lowest BCUT2D eigenvalue weighted by Gasteiger charge is -2.27. The summed E-state index contributed by atoms with van der Waals surface area (Å²) in [7, 11) is 0. The minimum absolute atomic E-state index is 0.0555. The molecule has 3 aromatic carbocycles. The van der Waals surface area contributed by atoms with Crippen LogP contribution in [0.4, 0.5) is 0 Å². The van der Waals surface area contributed by atoms with Gasteiger partial charge in [-0.05, 0) is 22.4 Å². The molecule has 0 aliphatic carbocycles. The van der Waals surface area contributed by atoms with Gasteiger partial charge in [0.15, 0.2) is 0 Å². The Bertz CT molecular complexity index is 886. The second kappa shape index (κ2) is 5.13. The summed E-state index contributed by atoms with van der Waals surface area (Å²) >= 11 is 0. The van der Waals surface area contributed by atoms with E-state index in [1.807, 2.05) is 54.6 Å². The van der Waals surface area contributed by atoms with Crippen molar-refractivity contribution in [3.63, 3.8) is 0 Å². The molecule has 1 atom stereocenters. The predicted octanol–water partition coefficient (Wildman–Crippen LogP) is 4.14. The van der Waals surface area contributed by atoms with E-state index in [0.717, 1.165) is 27.6 Å². The number of hydrogen-bond donors (Lipinski definition) is 1. The second-order valence-corrected chi connectivity index (χ2v) is 5.97. The van der Waals surface area contributed by atoms with Crippen molar-refractivity contribution in [2.24, 2.45) is 0 Å². The predicted molar refractivity (Wildman–Crippen MR) is 88.7 cm³/mol. The van der Waals surface area contributed by atoms with Crippen molar-refractivity contribution in [3.05, 3.63) is 77.9 Å². The molecule has 1 heterocycles. The van der Waals surface area contributed by atoms with Crippen molar-refractivity contribution >= 4 is 16.7 Å². The van der Waals surface area contributed by atoms with Crippen LogP contribution in [0.15, 0.2) is 66.7 Å². The molecule has 3 nitrogen and oxygen atoms in total. The highest BCUT2D eigenvalue weighted by molar-refractivity contribution is 5.88. The number of fused-ring (bicyclic) bond motifs is 3. The Balaban J connectivity index is 1.87. The third kappa shape index (κ3) is 2.25. The lowest BCUT2D eigenvalue weighted by Crippen LogP contribution is -2.34. The molecule has 3 heteroatoms. The van der Waals surface area contributed by atoms with Crippen LogP contribution < -0.4 is 4.74 Å². The van der Waals surface area contributed by atoms with Gasteiger partial charge in [0.25, 0.3) is 0 Å². The average Bonchev–Trinajstić information content (AvgIpc) is 2.95. The van der Waals surface area contributed by atoms with Gasteiger partial charge in [0, 0.05) is 12.0 Å². The fourth-order valence-electron chi connectivity index (χ4n) is 3.47. The molecule has 1 aliphatic rings. The molecule has 0 aromatic heterocycles. The lowest BCUT2D eigenvalue weighted by molar-refractivity contribution is -0.141. The van der Waals surface area contributed by atoms with Crippen LogP contribution >= 0.6 is 0 Å². The van der Waals surface area contributed by atoms with Gasteiger partial charge in [-0.3, -0.25) is 4.79 Å². The van der Waals surface area contributed by atoms with Gasteiger partial charge in [0.1, 0.15) is 11.4 Å². The monoisotopic (exact) mass is 304 g/mol. The van der Waals surface area contributed by atoms with Crippen LogP contribution in [0.25, 0.3) is 10.8 Å². The summed E-state index contributed by atoms with van der Waals surface area (Å²) in [4.78, 5) is 11.5. The standard InChI is InChI=1S/C20H16O3/c21-19(22)13-20(15-7-2-1-3-8-15)12-17-16-9-5-4-6-14(16)10-11-18(17)23-20/h1-11H,12-13H2,(H,21,22). The molecule has 3 aromatic rings. The Hall–Kier alpha value is -2.81. The summed E-state index contributed by atoms with van der Waals surface area (Å²) in [5, 5.41) is 11.7. The van der Waals surface area contributed by atoms with E-state index in [2.05, 4.69) is 12.1 Å². The van der Waals surface area contributed by atoms with Crippen molar-refractivity contribution < 1.29 is 14.6 Å². The number of hydrogen-bond acceptors (Lipinski definition) is 2. The van der Waals surface area contributed by atoms with Crippen LogP contribution in [0.1, 0.15) is 17.5 Å². The van der Waals surface area contributed by atoms with E-state index in [4.69, 9.17) is 4.74 Å². The molecule has 23 heavy (non-hydrogen) atoms. The highest BCUT2D eigenvalue weighted by Gasteiger charge is 2.43. The number of carboxylic acid groups (broad SMARTS) is 1. The zero-order valence-corrected chi connectivity index (χ0v) is 12.5. The van der Waals surface area contributed by atoms with Crippen molar-refractivity contribution in [1.82, 2.24) is 0 Å². The normalized spacial score (nSPS) is 19.3. The molecule has 0 spiro atoms.